The largest absolute Gasteiger partial charge is 0.357 e. The van der Waals surface area contributed by atoms with Gasteiger partial charge < -0.3 is 10.3 Å². The van der Waals surface area contributed by atoms with Crippen LogP contribution >= 0.6 is 0 Å². The van der Waals surface area contributed by atoms with Gasteiger partial charge in [-0.25, -0.2) is 17.6 Å². The van der Waals surface area contributed by atoms with E-state index in [0.717, 1.165) is 6.07 Å². The molecule has 1 heterocycles. The fraction of sp³-hybridized carbons (Fsp3) is 0.118. The highest BCUT2D eigenvalue weighted by atomic mass is 19.2. The first-order chi connectivity index (χ1) is 11.4. The molecule has 0 bridgehead atoms. The summed E-state index contributed by atoms with van der Waals surface area (Å²) in [5.41, 5.74) is 0.679. The van der Waals surface area contributed by atoms with Crippen LogP contribution in [0.3, 0.4) is 0 Å². The maximum atomic E-state index is 13.5. The van der Waals surface area contributed by atoms with Gasteiger partial charge in [-0.1, -0.05) is 0 Å². The summed E-state index contributed by atoms with van der Waals surface area (Å²) in [6.07, 6.45) is -0.621. The van der Waals surface area contributed by atoms with Crippen molar-refractivity contribution in [1.29, 1.82) is 0 Å². The van der Waals surface area contributed by atoms with Gasteiger partial charge >= 0.3 is 0 Å². The molecule has 24 heavy (non-hydrogen) atoms. The highest BCUT2D eigenvalue weighted by Crippen LogP contribution is 2.18. The Morgan fingerprint density at radius 1 is 1.00 bits per heavy atom. The fourth-order valence-electron chi connectivity index (χ4n) is 2.41. The van der Waals surface area contributed by atoms with Gasteiger partial charge in [0.15, 0.2) is 11.6 Å². The number of rotatable bonds is 4. The molecule has 2 aromatic carbocycles. The molecule has 0 aliphatic carbocycles. The summed E-state index contributed by atoms with van der Waals surface area (Å²) in [5, 5.41) is 3.12. The standard InChI is InChI=1S/C17H12F4N2O/c18-10-1-4-15-9(5-10)6-11(23-15)8-22-16(24)7-12-13(19)2-3-14(20)17(12)21/h1-6,23H,7-8H2,(H,22,24). The molecule has 0 saturated carbocycles. The molecule has 3 rings (SSSR count). The minimum absolute atomic E-state index is 0.0632. The third-order valence-electron chi connectivity index (χ3n) is 3.59. The monoisotopic (exact) mass is 336 g/mol. The van der Waals surface area contributed by atoms with Crippen molar-refractivity contribution in [2.75, 3.05) is 0 Å². The second kappa shape index (κ2) is 6.35. The number of carbonyl (C=O) groups excluding carboxylic acids is 1. The summed E-state index contributed by atoms with van der Waals surface area (Å²) in [6, 6.07) is 7.30. The molecule has 0 atom stereocenters. The molecule has 0 fully saturated rings. The molecule has 0 unspecified atom stereocenters. The predicted molar refractivity (Wildman–Crippen MR) is 80.1 cm³/mol. The Morgan fingerprint density at radius 3 is 2.54 bits per heavy atom. The van der Waals surface area contributed by atoms with Gasteiger partial charge in [-0.2, -0.15) is 0 Å². The zero-order valence-electron chi connectivity index (χ0n) is 12.3. The fourth-order valence-corrected chi connectivity index (χ4v) is 2.41. The van der Waals surface area contributed by atoms with Crippen LogP contribution in [0.5, 0.6) is 0 Å². The second-order valence-corrected chi connectivity index (χ2v) is 5.30. The normalized spacial score (nSPS) is 11.0. The van der Waals surface area contributed by atoms with Crippen LogP contribution in [0.1, 0.15) is 11.3 Å². The molecule has 0 aliphatic heterocycles. The molecular weight excluding hydrogens is 324 g/mol. The lowest BCUT2D eigenvalue weighted by atomic mass is 10.1. The van der Waals surface area contributed by atoms with Crippen molar-refractivity contribution in [2.45, 2.75) is 13.0 Å². The van der Waals surface area contributed by atoms with E-state index in [9.17, 15) is 22.4 Å². The average molecular weight is 336 g/mol. The van der Waals surface area contributed by atoms with Crippen LogP contribution in [-0.2, 0) is 17.8 Å². The number of amides is 1. The third-order valence-corrected chi connectivity index (χ3v) is 3.59. The predicted octanol–water partition coefficient (Wildman–Crippen LogP) is 3.58. The Balaban J connectivity index is 1.68. The van der Waals surface area contributed by atoms with Gasteiger partial charge in [0.2, 0.25) is 5.91 Å². The molecule has 124 valence electrons. The SMILES string of the molecule is O=C(Cc1c(F)ccc(F)c1F)NCc1cc2cc(F)ccc2[nH]1. The van der Waals surface area contributed by atoms with Gasteiger partial charge in [0.25, 0.3) is 0 Å². The van der Waals surface area contributed by atoms with E-state index in [4.69, 9.17) is 0 Å². The number of aromatic nitrogens is 1. The summed E-state index contributed by atoms with van der Waals surface area (Å²) in [6.45, 7) is 0.0632. The Morgan fingerprint density at radius 2 is 1.75 bits per heavy atom. The maximum absolute atomic E-state index is 13.5. The summed E-state index contributed by atoms with van der Waals surface area (Å²) < 4.78 is 53.3. The van der Waals surface area contributed by atoms with E-state index in [1.54, 1.807) is 12.1 Å². The first-order valence-electron chi connectivity index (χ1n) is 7.10. The van der Waals surface area contributed by atoms with Crippen molar-refractivity contribution in [1.82, 2.24) is 10.3 Å². The smallest absolute Gasteiger partial charge is 0.224 e. The number of hydrogen-bond acceptors (Lipinski definition) is 1. The molecule has 7 heteroatoms. The molecule has 0 aliphatic rings. The van der Waals surface area contributed by atoms with E-state index >= 15 is 0 Å². The summed E-state index contributed by atoms with van der Waals surface area (Å²) >= 11 is 0. The second-order valence-electron chi connectivity index (χ2n) is 5.30. The van der Waals surface area contributed by atoms with Gasteiger partial charge in [-0.05, 0) is 36.4 Å². The van der Waals surface area contributed by atoms with Crippen LogP contribution in [0.2, 0.25) is 0 Å². The lowest BCUT2D eigenvalue weighted by Gasteiger charge is -2.07. The Labute approximate surface area is 134 Å². The van der Waals surface area contributed by atoms with Crippen molar-refractivity contribution >= 4 is 16.8 Å². The van der Waals surface area contributed by atoms with Crippen LogP contribution in [0.15, 0.2) is 36.4 Å². The highest BCUT2D eigenvalue weighted by Gasteiger charge is 2.17. The number of aromatic amines is 1. The molecule has 1 amide bonds. The van der Waals surface area contributed by atoms with Crippen molar-refractivity contribution in [3.8, 4) is 0 Å². The van der Waals surface area contributed by atoms with E-state index < -0.39 is 35.3 Å². The summed E-state index contributed by atoms with van der Waals surface area (Å²) in [4.78, 5) is 14.8. The highest BCUT2D eigenvalue weighted by molar-refractivity contribution is 5.81. The van der Waals surface area contributed by atoms with Crippen LogP contribution in [0.4, 0.5) is 17.6 Å². The molecule has 2 N–H and O–H groups in total. The van der Waals surface area contributed by atoms with Gasteiger partial charge in [-0.3, -0.25) is 4.79 Å². The van der Waals surface area contributed by atoms with Crippen molar-refractivity contribution in [3.63, 3.8) is 0 Å². The van der Waals surface area contributed by atoms with Gasteiger partial charge in [0.1, 0.15) is 11.6 Å². The zero-order valence-corrected chi connectivity index (χ0v) is 12.3. The van der Waals surface area contributed by atoms with Crippen LogP contribution < -0.4 is 5.32 Å². The van der Waals surface area contributed by atoms with Gasteiger partial charge in [0.05, 0.1) is 13.0 Å². The number of fused-ring (bicyclic) bond motifs is 1. The van der Waals surface area contributed by atoms with E-state index in [2.05, 4.69) is 10.3 Å². The number of nitrogens with one attached hydrogen (secondary N) is 2. The van der Waals surface area contributed by atoms with Crippen molar-refractivity contribution in [3.05, 3.63) is 70.9 Å². The average Bonchev–Trinajstić information content (AvgIpc) is 2.95. The molecule has 1 aromatic heterocycles. The Kier molecular flexibility index (Phi) is 4.24. The van der Waals surface area contributed by atoms with E-state index in [0.29, 0.717) is 22.7 Å². The zero-order chi connectivity index (χ0) is 17.3. The van der Waals surface area contributed by atoms with E-state index in [-0.39, 0.29) is 12.4 Å². The lowest BCUT2D eigenvalue weighted by molar-refractivity contribution is -0.120. The van der Waals surface area contributed by atoms with Crippen LogP contribution in [0, 0.1) is 23.3 Å². The summed E-state index contributed by atoms with van der Waals surface area (Å²) in [7, 11) is 0. The first kappa shape index (κ1) is 16.0. The molecule has 3 nitrogen and oxygen atoms in total. The summed E-state index contributed by atoms with van der Waals surface area (Å²) in [5.74, 6) is -4.61. The molecule has 3 aromatic rings. The molecular formula is C17H12F4N2O. The Hall–Kier alpha value is -2.83. The van der Waals surface area contributed by atoms with Gasteiger partial charge in [-0.15, -0.1) is 0 Å². The van der Waals surface area contributed by atoms with Gasteiger partial charge in [0, 0.05) is 22.2 Å². The first-order valence-corrected chi connectivity index (χ1v) is 7.10. The molecule has 0 radical (unpaired) electrons. The van der Waals surface area contributed by atoms with E-state index in [1.165, 1.54) is 12.1 Å². The van der Waals surface area contributed by atoms with Crippen LogP contribution in [0.25, 0.3) is 10.9 Å². The minimum Gasteiger partial charge on any atom is -0.357 e. The quantitative estimate of drug-likeness (QED) is 0.555. The molecule has 0 saturated heterocycles. The molecule has 0 spiro atoms. The number of carbonyl (C=O) groups is 1. The Bertz CT molecular complexity index is 920. The number of hydrogen-bond donors (Lipinski definition) is 2. The number of H-pyrrole nitrogens is 1. The topological polar surface area (TPSA) is 44.9 Å². The van der Waals surface area contributed by atoms with Crippen molar-refractivity contribution in [2.24, 2.45) is 0 Å². The number of benzene rings is 2. The van der Waals surface area contributed by atoms with Crippen LogP contribution in [-0.4, -0.2) is 10.9 Å². The van der Waals surface area contributed by atoms with E-state index in [1.807, 2.05) is 0 Å². The maximum Gasteiger partial charge on any atom is 0.224 e. The number of halogens is 4. The lowest BCUT2D eigenvalue weighted by Crippen LogP contribution is -2.25. The van der Waals surface area contributed by atoms with Crippen molar-refractivity contribution < 1.29 is 22.4 Å². The third kappa shape index (κ3) is 3.24. The minimum atomic E-state index is -1.37.